The number of hydrogen-bond donors (Lipinski definition) is 0. The zero-order chi connectivity index (χ0) is 10.9. The van der Waals surface area contributed by atoms with Crippen molar-refractivity contribution in [2.24, 2.45) is 0 Å². The molecular weight excluding hydrogens is 196 g/mol. The van der Waals surface area contributed by atoms with Crippen LogP contribution in [0.2, 0.25) is 0 Å². The molecule has 0 aliphatic heterocycles. The molecule has 0 aliphatic rings. The van der Waals surface area contributed by atoms with Crippen molar-refractivity contribution < 1.29 is 9.47 Å². The molecule has 1 rings (SSSR count). The van der Waals surface area contributed by atoms with E-state index in [1.807, 2.05) is 0 Å². The van der Waals surface area contributed by atoms with Gasteiger partial charge >= 0.3 is 0 Å². The molecule has 15 heavy (non-hydrogen) atoms. The van der Waals surface area contributed by atoms with E-state index in [0.717, 1.165) is 6.42 Å². The molecule has 84 valence electrons. The lowest BCUT2D eigenvalue weighted by Gasteiger charge is -2.05. The first-order valence-electron chi connectivity index (χ1n) is 4.91. The summed E-state index contributed by atoms with van der Waals surface area (Å²) in [4.78, 5) is 15.1. The van der Waals surface area contributed by atoms with E-state index in [9.17, 15) is 4.79 Å². The maximum absolute atomic E-state index is 11.2. The summed E-state index contributed by atoms with van der Waals surface area (Å²) in [6.45, 7) is 2.42. The molecule has 0 N–H and O–H groups in total. The van der Waals surface area contributed by atoms with E-state index in [0.29, 0.717) is 26.4 Å². The first-order valence-corrected chi connectivity index (χ1v) is 4.91. The van der Waals surface area contributed by atoms with Crippen LogP contribution >= 0.6 is 0 Å². The van der Waals surface area contributed by atoms with Crippen LogP contribution in [0.15, 0.2) is 23.4 Å². The zero-order valence-corrected chi connectivity index (χ0v) is 8.89. The zero-order valence-electron chi connectivity index (χ0n) is 8.89. The van der Waals surface area contributed by atoms with Crippen LogP contribution in [-0.2, 0) is 16.0 Å². The Morgan fingerprint density at radius 1 is 1.40 bits per heavy atom. The Morgan fingerprint density at radius 3 is 3.00 bits per heavy atom. The van der Waals surface area contributed by atoms with Gasteiger partial charge in [0.2, 0.25) is 0 Å². The summed E-state index contributed by atoms with van der Waals surface area (Å²) in [7, 11) is 1.66. The molecule has 0 amide bonds. The number of hydrogen-bond acceptors (Lipinski definition) is 4. The molecule has 0 spiro atoms. The summed E-state index contributed by atoms with van der Waals surface area (Å²) in [6.07, 6.45) is 3.87. The van der Waals surface area contributed by atoms with Gasteiger partial charge in [-0.3, -0.25) is 9.36 Å². The molecule has 1 heterocycles. The Balaban J connectivity index is 2.15. The Kier molecular flexibility index (Phi) is 5.65. The summed E-state index contributed by atoms with van der Waals surface area (Å²) in [6, 6.07) is 1.44. The topological polar surface area (TPSA) is 53.4 Å². The number of rotatable bonds is 7. The second-order valence-electron chi connectivity index (χ2n) is 3.07. The third kappa shape index (κ3) is 4.71. The van der Waals surface area contributed by atoms with Gasteiger partial charge in [-0.25, -0.2) is 4.98 Å². The van der Waals surface area contributed by atoms with Gasteiger partial charge in [0.05, 0.1) is 19.5 Å². The van der Waals surface area contributed by atoms with Crippen molar-refractivity contribution in [2.45, 2.75) is 13.0 Å². The van der Waals surface area contributed by atoms with Crippen LogP contribution in [0, 0.1) is 0 Å². The quantitative estimate of drug-likeness (QED) is 0.610. The average molecular weight is 212 g/mol. The van der Waals surface area contributed by atoms with Crippen molar-refractivity contribution in [3.05, 3.63) is 28.9 Å². The molecule has 1 aromatic rings. The van der Waals surface area contributed by atoms with Gasteiger partial charge in [-0.15, -0.1) is 0 Å². The molecule has 5 heteroatoms. The third-order valence-electron chi connectivity index (χ3n) is 1.91. The lowest BCUT2D eigenvalue weighted by atomic mass is 10.5. The van der Waals surface area contributed by atoms with Crippen molar-refractivity contribution in [2.75, 3.05) is 26.9 Å². The molecule has 1 aromatic heterocycles. The van der Waals surface area contributed by atoms with Crippen molar-refractivity contribution in [1.29, 1.82) is 0 Å². The van der Waals surface area contributed by atoms with Crippen molar-refractivity contribution >= 4 is 0 Å². The van der Waals surface area contributed by atoms with Gasteiger partial charge < -0.3 is 9.47 Å². The molecule has 0 radical (unpaired) electrons. The lowest BCUT2D eigenvalue weighted by Crippen LogP contribution is -2.21. The summed E-state index contributed by atoms with van der Waals surface area (Å²) in [5.74, 6) is 0. The minimum absolute atomic E-state index is 0.0505. The molecule has 0 unspecified atom stereocenters. The van der Waals surface area contributed by atoms with E-state index < -0.39 is 0 Å². The van der Waals surface area contributed by atoms with Crippen molar-refractivity contribution in [3.8, 4) is 0 Å². The minimum Gasteiger partial charge on any atom is -0.385 e. The average Bonchev–Trinajstić information content (AvgIpc) is 2.25. The highest BCUT2D eigenvalue weighted by atomic mass is 16.5. The van der Waals surface area contributed by atoms with Crippen LogP contribution in [-0.4, -0.2) is 36.5 Å². The SMILES string of the molecule is COCCCOCCn1cnccc1=O. The fourth-order valence-electron chi connectivity index (χ4n) is 1.12. The minimum atomic E-state index is -0.0505. The standard InChI is InChI=1S/C10H16N2O3/c1-14-6-2-7-15-8-5-12-9-11-4-3-10(12)13/h3-4,9H,2,5-8H2,1H3. The molecule has 0 bridgehead atoms. The Hall–Kier alpha value is -1.20. The second kappa shape index (κ2) is 7.14. The maximum atomic E-state index is 11.2. The summed E-state index contributed by atoms with van der Waals surface area (Å²) in [5, 5.41) is 0. The van der Waals surface area contributed by atoms with Gasteiger partial charge in [-0.2, -0.15) is 0 Å². The van der Waals surface area contributed by atoms with E-state index in [1.165, 1.54) is 23.2 Å². The molecule has 5 nitrogen and oxygen atoms in total. The van der Waals surface area contributed by atoms with Gasteiger partial charge in [-0.1, -0.05) is 0 Å². The fourth-order valence-corrected chi connectivity index (χ4v) is 1.12. The maximum Gasteiger partial charge on any atom is 0.253 e. The van der Waals surface area contributed by atoms with E-state index in [-0.39, 0.29) is 5.56 Å². The first kappa shape index (κ1) is 11.9. The number of aromatic nitrogens is 2. The van der Waals surface area contributed by atoms with Crippen molar-refractivity contribution in [3.63, 3.8) is 0 Å². The summed E-state index contributed by atoms with van der Waals surface area (Å²) in [5.41, 5.74) is -0.0505. The Labute approximate surface area is 88.7 Å². The Morgan fingerprint density at radius 2 is 2.27 bits per heavy atom. The predicted octanol–water partition coefficient (Wildman–Crippen LogP) is 0.296. The van der Waals surface area contributed by atoms with Crippen LogP contribution in [0.1, 0.15) is 6.42 Å². The van der Waals surface area contributed by atoms with Crippen LogP contribution in [0.3, 0.4) is 0 Å². The highest BCUT2D eigenvalue weighted by Crippen LogP contribution is 1.85. The fraction of sp³-hybridized carbons (Fsp3) is 0.600. The van der Waals surface area contributed by atoms with Gasteiger partial charge in [0, 0.05) is 32.6 Å². The van der Waals surface area contributed by atoms with E-state index in [2.05, 4.69) is 4.98 Å². The van der Waals surface area contributed by atoms with E-state index in [4.69, 9.17) is 9.47 Å². The van der Waals surface area contributed by atoms with Crippen molar-refractivity contribution in [1.82, 2.24) is 9.55 Å². The molecule has 0 aromatic carbocycles. The monoisotopic (exact) mass is 212 g/mol. The molecule has 0 atom stereocenters. The van der Waals surface area contributed by atoms with Crippen LogP contribution in [0.4, 0.5) is 0 Å². The van der Waals surface area contributed by atoms with Gasteiger partial charge in [0.1, 0.15) is 0 Å². The predicted molar refractivity (Wildman–Crippen MR) is 55.8 cm³/mol. The van der Waals surface area contributed by atoms with Crippen LogP contribution in [0.25, 0.3) is 0 Å². The van der Waals surface area contributed by atoms with E-state index >= 15 is 0 Å². The molecule has 0 fully saturated rings. The highest BCUT2D eigenvalue weighted by molar-refractivity contribution is 4.81. The molecular formula is C10H16N2O3. The smallest absolute Gasteiger partial charge is 0.253 e. The van der Waals surface area contributed by atoms with E-state index in [1.54, 1.807) is 7.11 Å². The van der Waals surface area contributed by atoms with Gasteiger partial charge in [-0.05, 0) is 6.42 Å². The normalized spacial score (nSPS) is 10.5. The number of methoxy groups -OCH3 is 1. The summed E-state index contributed by atoms with van der Waals surface area (Å²) < 4.78 is 11.7. The lowest BCUT2D eigenvalue weighted by molar-refractivity contribution is 0.0971. The summed E-state index contributed by atoms with van der Waals surface area (Å²) >= 11 is 0. The highest BCUT2D eigenvalue weighted by Gasteiger charge is 1.94. The Bertz CT molecular complexity index is 324. The largest absolute Gasteiger partial charge is 0.385 e. The first-order chi connectivity index (χ1) is 7.34. The van der Waals surface area contributed by atoms with Crippen LogP contribution in [0.5, 0.6) is 0 Å². The third-order valence-corrected chi connectivity index (χ3v) is 1.91. The van der Waals surface area contributed by atoms with Crippen LogP contribution < -0.4 is 5.56 Å². The molecule has 0 aliphatic carbocycles. The number of nitrogens with zero attached hydrogens (tertiary/aromatic N) is 2. The molecule has 0 saturated carbocycles. The molecule has 0 saturated heterocycles. The number of ether oxygens (including phenoxy) is 2. The van der Waals surface area contributed by atoms with Gasteiger partial charge in [0.25, 0.3) is 5.56 Å². The van der Waals surface area contributed by atoms with Gasteiger partial charge in [0.15, 0.2) is 0 Å². The second-order valence-corrected chi connectivity index (χ2v) is 3.07.